The van der Waals surface area contributed by atoms with Gasteiger partial charge in [0.05, 0.1) is 18.1 Å². The van der Waals surface area contributed by atoms with Crippen LogP contribution in [0.1, 0.15) is 0 Å². The third-order valence-electron chi connectivity index (χ3n) is 4.50. The fraction of sp³-hybridized carbons (Fsp3) is 0.250. The quantitative estimate of drug-likeness (QED) is 0.629. The van der Waals surface area contributed by atoms with Gasteiger partial charge in [-0.3, -0.25) is 0 Å². The Morgan fingerprint density at radius 2 is 1.61 bits per heavy atom. The van der Waals surface area contributed by atoms with Gasteiger partial charge in [0.25, 0.3) is 0 Å². The maximum absolute atomic E-state index is 6.09. The molecule has 1 aromatic carbocycles. The summed E-state index contributed by atoms with van der Waals surface area (Å²) in [5, 5.41) is 1.12. The van der Waals surface area contributed by atoms with Crippen molar-refractivity contribution in [3.05, 3.63) is 58.8 Å². The summed E-state index contributed by atoms with van der Waals surface area (Å²) in [6, 6.07) is 10.8. The molecule has 1 saturated heterocycles. The SMILES string of the molecule is CN1CCN(c2ncc(Oc3cccc(-c4cc(Cl)cc(Cl)c4)n3)cn2)CC1. The fourth-order valence-corrected chi connectivity index (χ4v) is 3.51. The number of hydrogen-bond donors (Lipinski definition) is 0. The van der Waals surface area contributed by atoms with E-state index >= 15 is 0 Å². The zero-order chi connectivity index (χ0) is 19.5. The Hall–Kier alpha value is -2.41. The van der Waals surface area contributed by atoms with E-state index in [0.29, 0.717) is 21.7 Å². The minimum Gasteiger partial charge on any atom is -0.436 e. The maximum Gasteiger partial charge on any atom is 0.225 e. The standard InChI is InChI=1S/C20H19Cl2N5O/c1-26-5-7-27(8-6-26)20-23-12-17(13-24-20)28-19-4-2-3-18(25-19)14-9-15(21)11-16(22)10-14/h2-4,9-13H,5-8H2,1H3. The third-order valence-corrected chi connectivity index (χ3v) is 4.94. The van der Waals surface area contributed by atoms with Crippen molar-refractivity contribution in [3.63, 3.8) is 0 Å². The van der Waals surface area contributed by atoms with Crippen LogP contribution in [-0.2, 0) is 0 Å². The summed E-state index contributed by atoms with van der Waals surface area (Å²) < 4.78 is 5.83. The van der Waals surface area contributed by atoms with Gasteiger partial charge in [-0.1, -0.05) is 29.3 Å². The maximum atomic E-state index is 6.09. The second-order valence-corrected chi connectivity index (χ2v) is 7.50. The predicted octanol–water partition coefficient (Wildman–Crippen LogP) is 4.39. The van der Waals surface area contributed by atoms with Crippen LogP contribution >= 0.6 is 23.2 Å². The molecule has 0 unspecified atom stereocenters. The molecular formula is C20H19Cl2N5O. The van der Waals surface area contributed by atoms with Crippen molar-refractivity contribution < 1.29 is 4.74 Å². The van der Waals surface area contributed by atoms with Crippen LogP contribution in [0.4, 0.5) is 5.95 Å². The number of benzene rings is 1. The van der Waals surface area contributed by atoms with E-state index in [2.05, 4.69) is 31.8 Å². The van der Waals surface area contributed by atoms with Crippen LogP contribution in [0.3, 0.4) is 0 Å². The summed E-state index contributed by atoms with van der Waals surface area (Å²) in [5.74, 6) is 1.70. The largest absolute Gasteiger partial charge is 0.436 e. The average molecular weight is 416 g/mol. The molecule has 0 aliphatic carbocycles. The van der Waals surface area contributed by atoms with Gasteiger partial charge in [0.1, 0.15) is 0 Å². The minimum absolute atomic E-state index is 0.449. The Kier molecular flexibility index (Phi) is 5.62. The molecule has 0 amide bonds. The van der Waals surface area contributed by atoms with Crippen molar-refractivity contribution in [2.75, 3.05) is 38.1 Å². The molecule has 144 valence electrons. The van der Waals surface area contributed by atoms with Crippen molar-refractivity contribution >= 4 is 29.2 Å². The zero-order valence-corrected chi connectivity index (χ0v) is 16.9. The topological polar surface area (TPSA) is 54.4 Å². The van der Waals surface area contributed by atoms with Gasteiger partial charge in [-0.05, 0) is 31.3 Å². The highest BCUT2D eigenvalue weighted by Crippen LogP contribution is 2.28. The molecule has 2 aromatic heterocycles. The monoisotopic (exact) mass is 415 g/mol. The van der Waals surface area contributed by atoms with Crippen LogP contribution in [0.25, 0.3) is 11.3 Å². The Bertz CT molecular complexity index is 939. The summed E-state index contributed by atoms with van der Waals surface area (Å²) in [7, 11) is 2.12. The molecule has 8 heteroatoms. The van der Waals surface area contributed by atoms with Gasteiger partial charge in [-0.25, -0.2) is 15.0 Å². The number of anilines is 1. The van der Waals surface area contributed by atoms with Gasteiger partial charge in [0.15, 0.2) is 5.75 Å². The lowest BCUT2D eigenvalue weighted by atomic mass is 10.1. The molecule has 1 aliphatic heterocycles. The molecule has 0 saturated carbocycles. The minimum atomic E-state index is 0.449. The van der Waals surface area contributed by atoms with Gasteiger partial charge in [0, 0.05) is 47.9 Å². The first-order valence-electron chi connectivity index (χ1n) is 8.94. The summed E-state index contributed by atoms with van der Waals surface area (Å²) in [6.45, 7) is 3.85. The fourth-order valence-electron chi connectivity index (χ4n) is 2.99. The Morgan fingerprint density at radius 3 is 2.29 bits per heavy atom. The van der Waals surface area contributed by atoms with E-state index in [-0.39, 0.29) is 0 Å². The number of hydrogen-bond acceptors (Lipinski definition) is 6. The number of rotatable bonds is 4. The highest BCUT2D eigenvalue weighted by Gasteiger charge is 2.16. The Balaban J connectivity index is 1.48. The molecule has 0 N–H and O–H groups in total. The molecule has 1 fully saturated rings. The normalized spacial score (nSPS) is 14.9. The number of aromatic nitrogens is 3. The first kappa shape index (κ1) is 18.9. The molecule has 3 aromatic rings. The van der Waals surface area contributed by atoms with E-state index in [4.69, 9.17) is 27.9 Å². The predicted molar refractivity (Wildman–Crippen MR) is 112 cm³/mol. The molecule has 0 atom stereocenters. The first-order valence-corrected chi connectivity index (χ1v) is 9.69. The second kappa shape index (κ2) is 8.31. The van der Waals surface area contributed by atoms with Crippen LogP contribution in [-0.4, -0.2) is 53.1 Å². The molecule has 0 radical (unpaired) electrons. The molecule has 0 bridgehead atoms. The molecule has 1 aliphatic rings. The number of nitrogens with zero attached hydrogens (tertiary/aromatic N) is 5. The summed E-state index contributed by atoms with van der Waals surface area (Å²) in [4.78, 5) is 17.9. The van der Waals surface area contributed by atoms with Crippen LogP contribution < -0.4 is 9.64 Å². The molecule has 28 heavy (non-hydrogen) atoms. The Morgan fingerprint density at radius 1 is 0.929 bits per heavy atom. The molecule has 0 spiro atoms. The first-order chi connectivity index (χ1) is 13.6. The van der Waals surface area contributed by atoms with E-state index in [1.165, 1.54) is 0 Å². The van der Waals surface area contributed by atoms with Crippen molar-refractivity contribution in [2.24, 2.45) is 0 Å². The highest BCUT2D eigenvalue weighted by molar-refractivity contribution is 6.35. The lowest BCUT2D eigenvalue weighted by molar-refractivity contribution is 0.311. The molecule has 3 heterocycles. The summed E-state index contributed by atoms with van der Waals surface area (Å²) in [5.41, 5.74) is 1.54. The molecule has 4 rings (SSSR count). The van der Waals surface area contributed by atoms with Crippen molar-refractivity contribution in [2.45, 2.75) is 0 Å². The van der Waals surface area contributed by atoms with E-state index in [1.54, 1.807) is 24.5 Å². The lowest BCUT2D eigenvalue weighted by Gasteiger charge is -2.32. The molecular weight excluding hydrogens is 397 g/mol. The van der Waals surface area contributed by atoms with Crippen LogP contribution in [0.2, 0.25) is 10.0 Å². The summed E-state index contributed by atoms with van der Waals surface area (Å²) >= 11 is 12.2. The van der Waals surface area contributed by atoms with Gasteiger partial charge in [-0.15, -0.1) is 0 Å². The molecule has 6 nitrogen and oxygen atoms in total. The van der Waals surface area contributed by atoms with Gasteiger partial charge >= 0.3 is 0 Å². The van der Waals surface area contributed by atoms with Crippen molar-refractivity contribution in [1.82, 2.24) is 19.9 Å². The van der Waals surface area contributed by atoms with Crippen LogP contribution in [0.5, 0.6) is 11.6 Å². The van der Waals surface area contributed by atoms with Crippen molar-refractivity contribution in [1.29, 1.82) is 0 Å². The number of pyridine rings is 1. The number of halogens is 2. The number of ether oxygens (including phenoxy) is 1. The number of piperazine rings is 1. The zero-order valence-electron chi connectivity index (χ0n) is 15.3. The lowest BCUT2D eigenvalue weighted by Crippen LogP contribution is -2.45. The van der Waals surface area contributed by atoms with Gasteiger partial charge in [0.2, 0.25) is 11.8 Å². The summed E-state index contributed by atoms with van der Waals surface area (Å²) in [6.07, 6.45) is 3.34. The third kappa shape index (κ3) is 4.52. The van der Waals surface area contributed by atoms with E-state index in [1.807, 2.05) is 24.3 Å². The van der Waals surface area contributed by atoms with E-state index in [9.17, 15) is 0 Å². The van der Waals surface area contributed by atoms with E-state index < -0.39 is 0 Å². The Labute approximate surface area is 173 Å². The smallest absolute Gasteiger partial charge is 0.225 e. The average Bonchev–Trinajstić information content (AvgIpc) is 2.69. The van der Waals surface area contributed by atoms with Crippen molar-refractivity contribution in [3.8, 4) is 22.9 Å². The second-order valence-electron chi connectivity index (χ2n) is 6.63. The van der Waals surface area contributed by atoms with Crippen LogP contribution in [0.15, 0.2) is 48.8 Å². The van der Waals surface area contributed by atoms with Crippen LogP contribution in [0, 0.1) is 0 Å². The van der Waals surface area contributed by atoms with Gasteiger partial charge < -0.3 is 14.5 Å². The highest BCUT2D eigenvalue weighted by atomic mass is 35.5. The number of likely N-dealkylation sites (N-methyl/N-ethyl adjacent to an activating group) is 1. The van der Waals surface area contributed by atoms with Gasteiger partial charge in [-0.2, -0.15) is 0 Å². The van der Waals surface area contributed by atoms with E-state index in [0.717, 1.165) is 43.4 Å².